The van der Waals surface area contributed by atoms with Gasteiger partial charge in [-0.05, 0) is 55.0 Å². The Labute approximate surface area is 177 Å². The molecule has 0 saturated carbocycles. The molecule has 29 heavy (non-hydrogen) atoms. The molecule has 0 unspecified atom stereocenters. The smallest absolute Gasteiger partial charge is 0.340 e. The van der Waals surface area contributed by atoms with Gasteiger partial charge in [0.2, 0.25) is 0 Å². The van der Waals surface area contributed by atoms with Gasteiger partial charge in [-0.25, -0.2) is 4.79 Å². The maximum Gasteiger partial charge on any atom is 0.340 e. The van der Waals surface area contributed by atoms with E-state index in [0.29, 0.717) is 21.2 Å². The van der Waals surface area contributed by atoms with Gasteiger partial charge < -0.3 is 15.2 Å². The Hall–Kier alpha value is -3.02. The second-order valence-corrected chi connectivity index (χ2v) is 6.95. The Morgan fingerprint density at radius 2 is 1.83 bits per heavy atom. The van der Waals surface area contributed by atoms with E-state index >= 15 is 0 Å². The zero-order chi connectivity index (χ0) is 21.0. The zero-order valence-corrected chi connectivity index (χ0v) is 16.9. The molecule has 3 aromatic rings. The third-order valence-corrected chi connectivity index (χ3v) is 4.66. The highest BCUT2D eigenvalue weighted by molar-refractivity contribution is 6.36. The SMILES string of the molecule is CCOC(=O)c1ccc(-c2ccc(Cl)cc2Cl)cc1NC(=O)c1cccc(O)c1. The van der Waals surface area contributed by atoms with Gasteiger partial charge in [0, 0.05) is 21.2 Å². The maximum atomic E-state index is 12.6. The maximum absolute atomic E-state index is 12.6. The number of carbonyl (C=O) groups excluding carboxylic acids is 2. The number of halogens is 2. The van der Waals surface area contributed by atoms with Gasteiger partial charge in [0.05, 0.1) is 17.9 Å². The fourth-order valence-corrected chi connectivity index (χ4v) is 3.28. The Bertz CT molecular complexity index is 1080. The molecule has 3 rings (SSSR count). The first-order valence-corrected chi connectivity index (χ1v) is 9.51. The van der Waals surface area contributed by atoms with E-state index in [-0.39, 0.29) is 29.2 Å². The minimum Gasteiger partial charge on any atom is -0.508 e. The molecule has 0 atom stereocenters. The Morgan fingerprint density at radius 3 is 2.52 bits per heavy atom. The lowest BCUT2D eigenvalue weighted by Gasteiger charge is -2.14. The van der Waals surface area contributed by atoms with Crippen LogP contribution in [0.15, 0.2) is 60.7 Å². The molecule has 7 heteroatoms. The Morgan fingerprint density at radius 1 is 1.03 bits per heavy atom. The van der Waals surface area contributed by atoms with Crippen LogP contribution < -0.4 is 5.32 Å². The molecule has 0 bridgehead atoms. The lowest BCUT2D eigenvalue weighted by molar-refractivity contribution is 0.0527. The van der Waals surface area contributed by atoms with E-state index in [2.05, 4.69) is 5.32 Å². The highest BCUT2D eigenvalue weighted by atomic mass is 35.5. The summed E-state index contributed by atoms with van der Waals surface area (Å²) in [7, 11) is 0. The number of esters is 1. The number of amides is 1. The monoisotopic (exact) mass is 429 g/mol. The first-order chi connectivity index (χ1) is 13.9. The van der Waals surface area contributed by atoms with E-state index in [1.54, 1.807) is 55.5 Å². The van der Waals surface area contributed by atoms with Crippen molar-refractivity contribution in [1.82, 2.24) is 0 Å². The molecule has 0 spiro atoms. The van der Waals surface area contributed by atoms with Crippen LogP contribution in [0.25, 0.3) is 11.1 Å². The fourth-order valence-electron chi connectivity index (χ4n) is 2.77. The number of carbonyl (C=O) groups is 2. The van der Waals surface area contributed by atoms with Crippen LogP contribution >= 0.6 is 23.2 Å². The molecular weight excluding hydrogens is 413 g/mol. The van der Waals surface area contributed by atoms with Crippen LogP contribution in [0, 0.1) is 0 Å². The van der Waals surface area contributed by atoms with Crippen molar-refractivity contribution in [3.8, 4) is 16.9 Å². The van der Waals surface area contributed by atoms with Gasteiger partial charge in [-0.2, -0.15) is 0 Å². The van der Waals surface area contributed by atoms with Crippen LogP contribution in [0.2, 0.25) is 10.0 Å². The van der Waals surface area contributed by atoms with E-state index in [1.807, 2.05) is 0 Å². The quantitative estimate of drug-likeness (QED) is 0.502. The van der Waals surface area contributed by atoms with Crippen LogP contribution in [0.4, 0.5) is 5.69 Å². The third kappa shape index (κ3) is 4.88. The van der Waals surface area contributed by atoms with Crippen molar-refractivity contribution in [3.63, 3.8) is 0 Å². The summed E-state index contributed by atoms with van der Waals surface area (Å²) in [5.41, 5.74) is 2.09. The molecule has 5 nitrogen and oxygen atoms in total. The molecule has 2 N–H and O–H groups in total. The van der Waals surface area contributed by atoms with Crippen LogP contribution in [0.1, 0.15) is 27.6 Å². The standard InChI is InChI=1S/C22H17Cl2NO4/c1-2-29-22(28)18-8-6-13(17-9-7-15(23)12-19(17)24)11-20(18)25-21(27)14-4-3-5-16(26)10-14/h3-12,26H,2H2,1H3,(H,25,27). The number of aromatic hydroxyl groups is 1. The normalized spacial score (nSPS) is 10.4. The van der Waals surface area contributed by atoms with Crippen molar-refractivity contribution in [3.05, 3.63) is 81.8 Å². The highest BCUT2D eigenvalue weighted by Gasteiger charge is 2.17. The van der Waals surface area contributed by atoms with E-state index in [1.165, 1.54) is 12.1 Å². The fraction of sp³-hybridized carbons (Fsp3) is 0.0909. The number of anilines is 1. The topological polar surface area (TPSA) is 75.6 Å². The van der Waals surface area contributed by atoms with Crippen molar-refractivity contribution in [2.24, 2.45) is 0 Å². The molecular formula is C22H17Cl2NO4. The van der Waals surface area contributed by atoms with Crippen LogP contribution in [0.5, 0.6) is 5.75 Å². The van der Waals surface area contributed by atoms with Gasteiger partial charge in [-0.15, -0.1) is 0 Å². The third-order valence-electron chi connectivity index (χ3n) is 4.11. The van der Waals surface area contributed by atoms with Gasteiger partial charge >= 0.3 is 5.97 Å². The van der Waals surface area contributed by atoms with Gasteiger partial charge in [0.1, 0.15) is 5.75 Å². The van der Waals surface area contributed by atoms with Crippen LogP contribution in [-0.4, -0.2) is 23.6 Å². The Kier molecular flexibility index (Phi) is 6.42. The molecule has 3 aromatic carbocycles. The number of phenols is 1. The van der Waals surface area contributed by atoms with Gasteiger partial charge in [-0.1, -0.05) is 41.4 Å². The summed E-state index contributed by atoms with van der Waals surface area (Å²) in [5, 5.41) is 13.3. The summed E-state index contributed by atoms with van der Waals surface area (Å²) in [6, 6.07) is 15.9. The first-order valence-electron chi connectivity index (χ1n) is 8.76. The minimum atomic E-state index is -0.563. The van der Waals surface area contributed by atoms with Gasteiger partial charge in [0.25, 0.3) is 5.91 Å². The van der Waals surface area contributed by atoms with E-state index in [9.17, 15) is 14.7 Å². The summed E-state index contributed by atoms with van der Waals surface area (Å²) >= 11 is 12.3. The lowest BCUT2D eigenvalue weighted by Crippen LogP contribution is -2.16. The van der Waals surface area contributed by atoms with E-state index in [4.69, 9.17) is 27.9 Å². The molecule has 0 aliphatic carbocycles. The van der Waals surface area contributed by atoms with E-state index in [0.717, 1.165) is 0 Å². The summed E-state index contributed by atoms with van der Waals surface area (Å²) in [4.78, 5) is 25.0. The second-order valence-electron chi connectivity index (χ2n) is 6.11. The summed E-state index contributed by atoms with van der Waals surface area (Å²) in [6.07, 6.45) is 0. The molecule has 0 aliphatic rings. The van der Waals surface area contributed by atoms with Crippen LogP contribution in [-0.2, 0) is 4.74 Å². The molecule has 148 valence electrons. The predicted molar refractivity (Wildman–Crippen MR) is 114 cm³/mol. The molecule has 0 aromatic heterocycles. The number of rotatable bonds is 5. The second kappa shape index (κ2) is 8.99. The number of nitrogens with one attached hydrogen (secondary N) is 1. The average molecular weight is 430 g/mol. The van der Waals surface area contributed by atoms with Gasteiger partial charge in [-0.3, -0.25) is 4.79 Å². The number of ether oxygens (including phenoxy) is 1. The summed E-state index contributed by atoms with van der Waals surface area (Å²) < 4.78 is 5.09. The number of hydrogen-bond acceptors (Lipinski definition) is 4. The van der Waals surface area contributed by atoms with Crippen LogP contribution in [0.3, 0.4) is 0 Å². The van der Waals surface area contributed by atoms with Crippen molar-refractivity contribution in [2.75, 3.05) is 11.9 Å². The Balaban J connectivity index is 2.03. The molecule has 0 fully saturated rings. The summed E-state index contributed by atoms with van der Waals surface area (Å²) in [6.45, 7) is 1.90. The van der Waals surface area contributed by atoms with Crippen molar-refractivity contribution in [2.45, 2.75) is 6.92 Å². The minimum absolute atomic E-state index is 0.0371. The predicted octanol–water partition coefficient (Wildman–Crippen LogP) is 5.80. The zero-order valence-electron chi connectivity index (χ0n) is 15.4. The molecule has 1 amide bonds. The highest BCUT2D eigenvalue weighted by Crippen LogP contribution is 2.33. The average Bonchev–Trinajstić information content (AvgIpc) is 2.68. The first kappa shape index (κ1) is 20.7. The van der Waals surface area contributed by atoms with Crippen molar-refractivity contribution in [1.29, 1.82) is 0 Å². The molecule has 0 saturated heterocycles. The summed E-state index contributed by atoms with van der Waals surface area (Å²) in [5.74, 6) is -1.08. The molecule has 0 heterocycles. The van der Waals surface area contributed by atoms with E-state index < -0.39 is 11.9 Å². The molecule has 0 radical (unpaired) electrons. The van der Waals surface area contributed by atoms with Crippen molar-refractivity contribution < 1.29 is 19.4 Å². The van der Waals surface area contributed by atoms with Gasteiger partial charge in [0.15, 0.2) is 0 Å². The largest absolute Gasteiger partial charge is 0.508 e. The van der Waals surface area contributed by atoms with Crippen molar-refractivity contribution >= 4 is 40.8 Å². The molecule has 0 aliphatic heterocycles. The number of benzene rings is 3. The number of hydrogen-bond donors (Lipinski definition) is 2. The lowest BCUT2D eigenvalue weighted by atomic mass is 10.0. The number of phenolic OH excluding ortho intramolecular Hbond substituents is 1.